The first-order valence-corrected chi connectivity index (χ1v) is 8.94. The number of amides is 3. The normalized spacial score (nSPS) is 10.3. The molecule has 1 aromatic heterocycles. The third-order valence-corrected chi connectivity index (χ3v) is 4.21. The van der Waals surface area contributed by atoms with Crippen molar-refractivity contribution in [1.29, 1.82) is 0 Å². The molecule has 0 saturated carbocycles. The monoisotopic (exact) mass is 391 g/mol. The second-order valence-electron chi connectivity index (χ2n) is 5.79. The van der Waals surface area contributed by atoms with Crippen molar-refractivity contribution >= 4 is 34.1 Å². The summed E-state index contributed by atoms with van der Waals surface area (Å²) in [6, 6.07) is 7.90. The Bertz CT molecular complexity index is 847. The van der Waals surface area contributed by atoms with Crippen molar-refractivity contribution < 1.29 is 23.9 Å². The van der Waals surface area contributed by atoms with Crippen molar-refractivity contribution in [2.75, 3.05) is 12.4 Å². The van der Waals surface area contributed by atoms with E-state index in [-0.39, 0.29) is 12.0 Å². The van der Waals surface area contributed by atoms with Crippen LogP contribution < -0.4 is 25.6 Å². The zero-order chi connectivity index (χ0) is 20.0. The molecule has 0 saturated heterocycles. The lowest BCUT2D eigenvalue weighted by atomic mass is 10.2. The van der Waals surface area contributed by atoms with Gasteiger partial charge in [0.05, 0.1) is 23.1 Å². The summed E-state index contributed by atoms with van der Waals surface area (Å²) in [5, 5.41) is 3.13. The molecule has 0 aliphatic rings. The predicted molar refractivity (Wildman–Crippen MR) is 102 cm³/mol. The lowest BCUT2D eigenvalue weighted by molar-refractivity contribution is -0.114. The summed E-state index contributed by atoms with van der Waals surface area (Å²) in [7, 11) is 1.48. The number of ether oxygens (including phenoxy) is 2. The first kappa shape index (κ1) is 20.2. The van der Waals surface area contributed by atoms with E-state index in [1.807, 2.05) is 13.8 Å². The number of rotatable bonds is 6. The summed E-state index contributed by atoms with van der Waals surface area (Å²) in [5.74, 6) is -0.276. The highest BCUT2D eigenvalue weighted by Crippen LogP contribution is 2.29. The Kier molecular flexibility index (Phi) is 6.78. The molecule has 0 atom stereocenters. The molecule has 144 valence electrons. The lowest BCUT2D eigenvalue weighted by Crippen LogP contribution is -2.41. The van der Waals surface area contributed by atoms with Gasteiger partial charge in [0.15, 0.2) is 11.5 Å². The Morgan fingerprint density at radius 3 is 2.33 bits per heavy atom. The van der Waals surface area contributed by atoms with Crippen molar-refractivity contribution in [3.63, 3.8) is 0 Å². The maximum atomic E-state index is 12.3. The Labute approximate surface area is 160 Å². The molecule has 27 heavy (non-hydrogen) atoms. The lowest BCUT2D eigenvalue weighted by Gasteiger charge is -2.14. The number of thiophene rings is 1. The highest BCUT2D eigenvalue weighted by atomic mass is 32.1. The quantitative estimate of drug-likeness (QED) is 0.657. The zero-order valence-electron chi connectivity index (χ0n) is 15.4. The van der Waals surface area contributed by atoms with Crippen molar-refractivity contribution in [3.8, 4) is 11.5 Å². The van der Waals surface area contributed by atoms with Crippen LogP contribution in [0.2, 0.25) is 0 Å². The SMILES string of the molecule is COc1cc(C(=O)NNC(=O)c2ccc(NC(C)=O)s2)ccc1OC(C)C. The number of hydrogen-bond donors (Lipinski definition) is 3. The topological polar surface area (TPSA) is 106 Å². The van der Waals surface area contributed by atoms with Crippen LogP contribution in [0.5, 0.6) is 11.5 Å². The second kappa shape index (κ2) is 9.04. The molecule has 3 amide bonds. The van der Waals surface area contributed by atoms with E-state index in [2.05, 4.69) is 16.2 Å². The fourth-order valence-corrected chi connectivity index (χ4v) is 2.96. The molecule has 1 heterocycles. The van der Waals surface area contributed by atoms with Gasteiger partial charge in [-0.1, -0.05) is 0 Å². The molecule has 2 aromatic rings. The molecule has 9 heteroatoms. The highest BCUT2D eigenvalue weighted by Gasteiger charge is 2.14. The van der Waals surface area contributed by atoms with Crippen LogP contribution in [-0.2, 0) is 4.79 Å². The molecule has 3 N–H and O–H groups in total. The van der Waals surface area contributed by atoms with Gasteiger partial charge in [-0.15, -0.1) is 11.3 Å². The van der Waals surface area contributed by atoms with Gasteiger partial charge < -0.3 is 14.8 Å². The van der Waals surface area contributed by atoms with Crippen LogP contribution in [0.1, 0.15) is 40.8 Å². The Balaban J connectivity index is 1.99. The number of nitrogens with one attached hydrogen (secondary N) is 3. The van der Waals surface area contributed by atoms with Crippen LogP contribution >= 0.6 is 11.3 Å². The number of hydrogen-bond acceptors (Lipinski definition) is 6. The molecule has 0 bridgehead atoms. The maximum Gasteiger partial charge on any atom is 0.279 e. The minimum absolute atomic E-state index is 0.0361. The number of anilines is 1. The molecule has 2 rings (SSSR count). The number of benzene rings is 1. The van der Waals surface area contributed by atoms with Crippen LogP contribution in [0.4, 0.5) is 5.00 Å². The number of carbonyl (C=O) groups is 3. The van der Waals surface area contributed by atoms with E-state index in [0.29, 0.717) is 26.9 Å². The minimum atomic E-state index is -0.503. The van der Waals surface area contributed by atoms with E-state index in [1.165, 1.54) is 20.1 Å². The van der Waals surface area contributed by atoms with Gasteiger partial charge in [-0.2, -0.15) is 0 Å². The van der Waals surface area contributed by atoms with Crippen LogP contribution in [0.3, 0.4) is 0 Å². The maximum absolute atomic E-state index is 12.3. The van der Waals surface area contributed by atoms with Gasteiger partial charge in [-0.3, -0.25) is 25.2 Å². The smallest absolute Gasteiger partial charge is 0.279 e. The van der Waals surface area contributed by atoms with Crippen molar-refractivity contribution in [2.45, 2.75) is 26.9 Å². The molecule has 0 spiro atoms. The molecule has 8 nitrogen and oxygen atoms in total. The van der Waals surface area contributed by atoms with Crippen molar-refractivity contribution in [1.82, 2.24) is 10.9 Å². The van der Waals surface area contributed by atoms with Crippen LogP contribution in [-0.4, -0.2) is 30.9 Å². The van der Waals surface area contributed by atoms with E-state index >= 15 is 0 Å². The fraction of sp³-hybridized carbons (Fsp3) is 0.278. The molecule has 0 radical (unpaired) electrons. The minimum Gasteiger partial charge on any atom is -0.493 e. The summed E-state index contributed by atoms with van der Waals surface area (Å²) in [6.07, 6.45) is -0.0361. The van der Waals surface area contributed by atoms with Gasteiger partial charge in [-0.05, 0) is 44.2 Å². The number of hydrazine groups is 1. The van der Waals surface area contributed by atoms with Gasteiger partial charge in [0.1, 0.15) is 0 Å². The van der Waals surface area contributed by atoms with E-state index in [9.17, 15) is 14.4 Å². The molecule has 0 unspecified atom stereocenters. The van der Waals surface area contributed by atoms with E-state index in [1.54, 1.807) is 24.3 Å². The largest absolute Gasteiger partial charge is 0.493 e. The van der Waals surface area contributed by atoms with Crippen LogP contribution in [0, 0.1) is 0 Å². The molecule has 0 fully saturated rings. The predicted octanol–water partition coefficient (Wildman–Crippen LogP) is 2.58. The van der Waals surface area contributed by atoms with Gasteiger partial charge in [-0.25, -0.2) is 0 Å². The van der Waals surface area contributed by atoms with Gasteiger partial charge in [0.2, 0.25) is 5.91 Å². The summed E-state index contributed by atoms with van der Waals surface area (Å²) >= 11 is 1.10. The summed E-state index contributed by atoms with van der Waals surface area (Å²) in [4.78, 5) is 35.7. The van der Waals surface area contributed by atoms with Crippen molar-refractivity contribution in [3.05, 3.63) is 40.8 Å². The van der Waals surface area contributed by atoms with E-state index in [4.69, 9.17) is 9.47 Å². The Morgan fingerprint density at radius 2 is 1.70 bits per heavy atom. The molecular formula is C18H21N3O5S. The number of methoxy groups -OCH3 is 1. The van der Waals surface area contributed by atoms with Crippen LogP contribution in [0.15, 0.2) is 30.3 Å². The third-order valence-electron chi connectivity index (χ3n) is 3.21. The second-order valence-corrected chi connectivity index (χ2v) is 6.87. The average molecular weight is 391 g/mol. The van der Waals surface area contributed by atoms with Crippen molar-refractivity contribution in [2.24, 2.45) is 0 Å². The molecular weight excluding hydrogens is 370 g/mol. The standard InChI is InChI=1S/C18H21N3O5S/c1-10(2)26-13-6-5-12(9-14(13)25-4)17(23)20-21-18(24)15-7-8-16(27-15)19-11(3)22/h5-10H,1-4H3,(H,19,22)(H,20,23)(H,21,24). The summed E-state index contributed by atoms with van der Waals surface area (Å²) in [6.45, 7) is 5.15. The summed E-state index contributed by atoms with van der Waals surface area (Å²) in [5.41, 5.74) is 4.98. The Hall–Kier alpha value is -3.07. The van der Waals surface area contributed by atoms with Gasteiger partial charge >= 0.3 is 0 Å². The molecule has 0 aliphatic carbocycles. The zero-order valence-corrected chi connectivity index (χ0v) is 16.2. The first-order chi connectivity index (χ1) is 12.8. The summed E-state index contributed by atoms with van der Waals surface area (Å²) < 4.78 is 10.8. The van der Waals surface area contributed by atoms with E-state index < -0.39 is 11.8 Å². The third kappa shape index (κ3) is 5.71. The fourth-order valence-electron chi connectivity index (χ4n) is 2.11. The molecule has 0 aliphatic heterocycles. The average Bonchev–Trinajstić information content (AvgIpc) is 3.07. The van der Waals surface area contributed by atoms with E-state index in [0.717, 1.165) is 11.3 Å². The molecule has 1 aromatic carbocycles. The highest BCUT2D eigenvalue weighted by molar-refractivity contribution is 7.18. The first-order valence-electron chi connectivity index (χ1n) is 8.13. The number of carbonyl (C=O) groups excluding carboxylic acids is 3. The van der Waals surface area contributed by atoms with Crippen LogP contribution in [0.25, 0.3) is 0 Å². The van der Waals surface area contributed by atoms with Gasteiger partial charge in [0, 0.05) is 12.5 Å². The Morgan fingerprint density at radius 1 is 1.00 bits per heavy atom. The van der Waals surface area contributed by atoms with Gasteiger partial charge in [0.25, 0.3) is 11.8 Å².